The fourth-order valence-corrected chi connectivity index (χ4v) is 2.61. The first-order valence-electron chi connectivity index (χ1n) is 7.14. The lowest BCUT2D eigenvalue weighted by molar-refractivity contribution is 0.177. The van der Waals surface area contributed by atoms with Crippen LogP contribution < -0.4 is 10.2 Å². The zero-order chi connectivity index (χ0) is 15.2. The molecule has 0 radical (unpaired) electrons. The molecular formula is C15H22ClN3O2. The van der Waals surface area contributed by atoms with Crippen molar-refractivity contribution in [3.05, 3.63) is 28.8 Å². The number of carbonyl (C=O) groups excluding carboxylic acids is 1. The fraction of sp³-hybridized carbons (Fsp3) is 0.533. The molecule has 0 spiro atoms. The number of aryl methyl sites for hydroxylation is 1. The number of piperazine rings is 1. The molecule has 0 bridgehead atoms. The lowest BCUT2D eigenvalue weighted by atomic mass is 10.1. The van der Waals surface area contributed by atoms with Crippen LogP contribution >= 0.6 is 11.6 Å². The molecule has 0 aromatic heterocycles. The van der Waals surface area contributed by atoms with Gasteiger partial charge in [0.1, 0.15) is 0 Å². The summed E-state index contributed by atoms with van der Waals surface area (Å²) in [6, 6.07) is 5.90. The van der Waals surface area contributed by atoms with Crippen LogP contribution in [0.15, 0.2) is 18.2 Å². The first kappa shape index (κ1) is 15.9. The normalized spacial score (nSPS) is 15.2. The van der Waals surface area contributed by atoms with Crippen LogP contribution in [0.4, 0.5) is 10.5 Å². The molecule has 21 heavy (non-hydrogen) atoms. The van der Waals surface area contributed by atoms with E-state index in [9.17, 15) is 4.79 Å². The minimum absolute atomic E-state index is 0.0190. The average molecular weight is 312 g/mol. The van der Waals surface area contributed by atoms with Crippen molar-refractivity contribution in [1.29, 1.82) is 0 Å². The summed E-state index contributed by atoms with van der Waals surface area (Å²) < 4.78 is 4.92. The molecule has 5 nitrogen and oxygen atoms in total. The molecule has 1 fully saturated rings. The highest BCUT2D eigenvalue weighted by Crippen LogP contribution is 2.25. The molecule has 1 aliphatic heterocycles. The van der Waals surface area contributed by atoms with Crippen LogP contribution in [-0.4, -0.2) is 57.4 Å². The Labute approximate surface area is 130 Å². The van der Waals surface area contributed by atoms with Crippen LogP contribution in [0.5, 0.6) is 0 Å². The molecule has 1 N–H and O–H groups in total. The van der Waals surface area contributed by atoms with Gasteiger partial charge in [-0.1, -0.05) is 17.7 Å². The highest BCUT2D eigenvalue weighted by atomic mass is 35.5. The smallest absolute Gasteiger partial charge is 0.317 e. The minimum atomic E-state index is -0.0190. The van der Waals surface area contributed by atoms with Crippen molar-refractivity contribution in [3.63, 3.8) is 0 Å². The quantitative estimate of drug-likeness (QED) is 0.866. The molecule has 116 valence electrons. The SMILES string of the molecule is COCCNC(=O)N1CCN(c2cc(Cl)ccc2C)CC1. The third kappa shape index (κ3) is 4.25. The van der Waals surface area contributed by atoms with Crippen molar-refractivity contribution < 1.29 is 9.53 Å². The number of hydrogen-bond donors (Lipinski definition) is 1. The number of rotatable bonds is 4. The van der Waals surface area contributed by atoms with E-state index in [0.29, 0.717) is 26.2 Å². The van der Waals surface area contributed by atoms with Crippen LogP contribution in [0.2, 0.25) is 5.02 Å². The molecular weight excluding hydrogens is 290 g/mol. The number of halogens is 1. The molecule has 2 rings (SSSR count). The van der Waals surface area contributed by atoms with Gasteiger partial charge in [0, 0.05) is 50.5 Å². The van der Waals surface area contributed by atoms with Crippen molar-refractivity contribution >= 4 is 23.3 Å². The second-order valence-electron chi connectivity index (χ2n) is 5.13. The molecule has 0 atom stereocenters. The highest BCUT2D eigenvalue weighted by molar-refractivity contribution is 6.30. The van der Waals surface area contributed by atoms with Crippen LogP contribution in [0.1, 0.15) is 5.56 Å². The molecule has 1 aromatic rings. The number of benzene rings is 1. The van der Waals surface area contributed by atoms with Crippen LogP contribution in [0.25, 0.3) is 0 Å². The Bertz CT molecular complexity index is 488. The summed E-state index contributed by atoms with van der Waals surface area (Å²) in [4.78, 5) is 16.1. The molecule has 1 saturated heterocycles. The Hall–Kier alpha value is -1.46. The van der Waals surface area contributed by atoms with Crippen molar-refractivity contribution in [2.75, 3.05) is 51.3 Å². The summed E-state index contributed by atoms with van der Waals surface area (Å²) >= 11 is 6.07. The fourth-order valence-electron chi connectivity index (χ4n) is 2.45. The Morgan fingerprint density at radius 3 is 2.71 bits per heavy atom. The number of hydrogen-bond acceptors (Lipinski definition) is 3. The maximum absolute atomic E-state index is 12.0. The minimum Gasteiger partial charge on any atom is -0.383 e. The number of urea groups is 1. The molecule has 0 aliphatic carbocycles. The second-order valence-corrected chi connectivity index (χ2v) is 5.57. The topological polar surface area (TPSA) is 44.8 Å². The summed E-state index contributed by atoms with van der Waals surface area (Å²) in [5.74, 6) is 0. The Balaban J connectivity index is 1.88. The average Bonchev–Trinajstić information content (AvgIpc) is 2.50. The van der Waals surface area contributed by atoms with Gasteiger partial charge in [-0.3, -0.25) is 0 Å². The predicted molar refractivity (Wildman–Crippen MR) is 85.2 cm³/mol. The first-order valence-corrected chi connectivity index (χ1v) is 7.52. The van der Waals surface area contributed by atoms with E-state index in [1.807, 2.05) is 23.1 Å². The molecule has 0 unspecified atom stereocenters. The molecule has 2 amide bonds. The van der Waals surface area contributed by atoms with E-state index in [1.165, 1.54) is 5.56 Å². The maximum atomic E-state index is 12.0. The molecule has 1 heterocycles. The number of ether oxygens (including phenoxy) is 1. The van der Waals surface area contributed by atoms with Crippen LogP contribution in [-0.2, 0) is 4.74 Å². The van der Waals surface area contributed by atoms with E-state index in [-0.39, 0.29) is 6.03 Å². The summed E-state index contributed by atoms with van der Waals surface area (Å²) in [6.07, 6.45) is 0. The molecule has 1 aliphatic rings. The van der Waals surface area contributed by atoms with Crippen molar-refractivity contribution in [3.8, 4) is 0 Å². The number of carbonyl (C=O) groups is 1. The van der Waals surface area contributed by atoms with E-state index in [1.54, 1.807) is 7.11 Å². The van der Waals surface area contributed by atoms with Crippen LogP contribution in [0.3, 0.4) is 0 Å². The third-order valence-electron chi connectivity index (χ3n) is 3.66. The van der Waals surface area contributed by atoms with Gasteiger partial charge in [-0.2, -0.15) is 0 Å². The number of anilines is 1. The Morgan fingerprint density at radius 2 is 2.05 bits per heavy atom. The standard InChI is InChI=1S/C15H22ClN3O2/c1-12-3-4-13(16)11-14(12)18-6-8-19(9-7-18)15(20)17-5-10-21-2/h3-4,11H,5-10H2,1-2H3,(H,17,20). The van der Waals surface area contributed by atoms with E-state index in [2.05, 4.69) is 17.1 Å². The Morgan fingerprint density at radius 1 is 1.33 bits per heavy atom. The number of methoxy groups -OCH3 is 1. The largest absolute Gasteiger partial charge is 0.383 e. The van der Waals surface area contributed by atoms with Gasteiger partial charge in [0.05, 0.1) is 6.61 Å². The number of nitrogens with zero attached hydrogens (tertiary/aromatic N) is 2. The van der Waals surface area contributed by atoms with Crippen molar-refractivity contribution in [2.24, 2.45) is 0 Å². The summed E-state index contributed by atoms with van der Waals surface area (Å²) in [5.41, 5.74) is 2.36. The van der Waals surface area contributed by atoms with Crippen molar-refractivity contribution in [2.45, 2.75) is 6.92 Å². The lowest BCUT2D eigenvalue weighted by Gasteiger charge is -2.36. The predicted octanol–water partition coefficient (Wildman–Crippen LogP) is 2.13. The highest BCUT2D eigenvalue weighted by Gasteiger charge is 2.21. The Kier molecular flexibility index (Phi) is 5.70. The van der Waals surface area contributed by atoms with Gasteiger partial charge >= 0.3 is 6.03 Å². The van der Waals surface area contributed by atoms with E-state index in [0.717, 1.165) is 23.8 Å². The molecule has 1 aromatic carbocycles. The van der Waals surface area contributed by atoms with Gasteiger partial charge in [0.15, 0.2) is 0 Å². The molecule has 0 saturated carbocycles. The second kappa shape index (κ2) is 7.52. The number of amides is 2. The summed E-state index contributed by atoms with van der Waals surface area (Å²) in [7, 11) is 1.62. The van der Waals surface area contributed by atoms with Gasteiger partial charge in [0.25, 0.3) is 0 Å². The summed E-state index contributed by atoms with van der Waals surface area (Å²) in [6.45, 7) is 6.22. The van der Waals surface area contributed by atoms with Gasteiger partial charge in [-0.25, -0.2) is 4.79 Å². The molecule has 6 heteroatoms. The first-order chi connectivity index (χ1) is 10.1. The maximum Gasteiger partial charge on any atom is 0.317 e. The zero-order valence-corrected chi connectivity index (χ0v) is 13.3. The third-order valence-corrected chi connectivity index (χ3v) is 3.90. The summed E-state index contributed by atoms with van der Waals surface area (Å²) in [5, 5.41) is 3.60. The van der Waals surface area contributed by atoms with E-state index >= 15 is 0 Å². The van der Waals surface area contributed by atoms with Gasteiger partial charge in [-0.05, 0) is 24.6 Å². The van der Waals surface area contributed by atoms with Gasteiger partial charge in [0.2, 0.25) is 0 Å². The van der Waals surface area contributed by atoms with E-state index < -0.39 is 0 Å². The van der Waals surface area contributed by atoms with E-state index in [4.69, 9.17) is 16.3 Å². The zero-order valence-electron chi connectivity index (χ0n) is 12.6. The van der Waals surface area contributed by atoms with Gasteiger partial charge < -0.3 is 19.9 Å². The van der Waals surface area contributed by atoms with Crippen molar-refractivity contribution in [1.82, 2.24) is 10.2 Å². The van der Waals surface area contributed by atoms with Crippen LogP contribution in [0, 0.1) is 6.92 Å². The monoisotopic (exact) mass is 311 g/mol. The lowest BCUT2D eigenvalue weighted by Crippen LogP contribution is -2.52. The van der Waals surface area contributed by atoms with Gasteiger partial charge in [-0.15, -0.1) is 0 Å². The number of nitrogens with one attached hydrogen (secondary N) is 1.